The van der Waals surface area contributed by atoms with Crippen LogP contribution in [0.25, 0.3) is 11.2 Å². The van der Waals surface area contributed by atoms with Crippen LogP contribution in [-0.4, -0.2) is 19.3 Å². The van der Waals surface area contributed by atoms with E-state index >= 15 is 0 Å². The van der Waals surface area contributed by atoms with E-state index in [-0.39, 0.29) is 5.38 Å². The molecule has 0 N–H and O–H groups in total. The van der Waals surface area contributed by atoms with E-state index in [1.165, 1.54) is 6.42 Å². The lowest BCUT2D eigenvalue weighted by Crippen LogP contribution is -2.11. The normalized spacial score (nSPS) is 24.1. The summed E-state index contributed by atoms with van der Waals surface area (Å²) in [4.78, 5) is 4.73. The first kappa shape index (κ1) is 13.0. The Kier molecular flexibility index (Phi) is 3.08. The zero-order valence-electron chi connectivity index (χ0n) is 12.0. The fourth-order valence-electron chi connectivity index (χ4n) is 2.83. The number of fused-ring (bicyclic) bond motifs is 1. The molecule has 1 aliphatic carbocycles. The summed E-state index contributed by atoms with van der Waals surface area (Å²) in [5.74, 6) is 2.58. The summed E-state index contributed by atoms with van der Waals surface area (Å²) in [6, 6.07) is 0. The number of aryl methyl sites for hydroxylation is 2. The van der Waals surface area contributed by atoms with E-state index in [1.807, 2.05) is 18.5 Å². The van der Waals surface area contributed by atoms with Gasteiger partial charge in [0.05, 0.1) is 11.1 Å². The molecule has 1 aliphatic rings. The van der Waals surface area contributed by atoms with Crippen LogP contribution in [0.4, 0.5) is 0 Å². The SMILES string of the molecule is CCn1nc(C)c2nc(C(C)Cl)n(CC3CC3C)c21. The second kappa shape index (κ2) is 4.51. The lowest BCUT2D eigenvalue weighted by Gasteiger charge is -2.11. The molecular formula is C14H21ClN4. The van der Waals surface area contributed by atoms with Gasteiger partial charge in [-0.25, -0.2) is 9.67 Å². The molecule has 3 rings (SSSR count). The number of rotatable bonds is 4. The van der Waals surface area contributed by atoms with Crippen molar-refractivity contribution in [2.75, 3.05) is 0 Å². The summed E-state index contributed by atoms with van der Waals surface area (Å²) in [7, 11) is 0. The maximum absolute atomic E-state index is 6.31. The van der Waals surface area contributed by atoms with E-state index in [9.17, 15) is 0 Å². The van der Waals surface area contributed by atoms with Gasteiger partial charge in [0.2, 0.25) is 0 Å². The molecule has 0 aliphatic heterocycles. The van der Waals surface area contributed by atoms with Crippen molar-refractivity contribution in [1.82, 2.24) is 19.3 Å². The van der Waals surface area contributed by atoms with Crippen molar-refractivity contribution in [3.8, 4) is 0 Å². The molecule has 2 aromatic heterocycles. The van der Waals surface area contributed by atoms with Gasteiger partial charge >= 0.3 is 0 Å². The monoisotopic (exact) mass is 280 g/mol. The van der Waals surface area contributed by atoms with E-state index in [4.69, 9.17) is 16.6 Å². The molecule has 0 radical (unpaired) electrons. The molecular weight excluding hydrogens is 260 g/mol. The lowest BCUT2D eigenvalue weighted by atomic mass is 10.3. The average Bonchev–Trinajstić information content (AvgIpc) is 2.81. The van der Waals surface area contributed by atoms with E-state index in [2.05, 4.69) is 23.5 Å². The fourth-order valence-corrected chi connectivity index (χ4v) is 3.00. The summed E-state index contributed by atoms with van der Waals surface area (Å²) in [5.41, 5.74) is 3.15. The van der Waals surface area contributed by atoms with Crippen LogP contribution in [0.5, 0.6) is 0 Å². The molecule has 3 atom stereocenters. The van der Waals surface area contributed by atoms with Gasteiger partial charge in [-0.3, -0.25) is 0 Å². The summed E-state index contributed by atoms with van der Waals surface area (Å²) < 4.78 is 4.35. The first-order chi connectivity index (χ1) is 9.02. The van der Waals surface area contributed by atoms with Gasteiger partial charge in [-0.05, 0) is 39.0 Å². The van der Waals surface area contributed by atoms with Gasteiger partial charge in [0.15, 0.2) is 5.65 Å². The maximum atomic E-state index is 6.31. The van der Waals surface area contributed by atoms with Crippen molar-refractivity contribution in [2.45, 2.75) is 52.6 Å². The minimum Gasteiger partial charge on any atom is -0.311 e. The standard InChI is InChI=1S/C14H21ClN4/c1-5-19-14-12(10(4)17-19)16-13(9(3)15)18(14)7-11-6-8(11)2/h8-9,11H,5-7H2,1-4H3. The molecule has 0 amide bonds. The minimum absolute atomic E-state index is 0.0637. The van der Waals surface area contributed by atoms with Crippen molar-refractivity contribution >= 4 is 22.8 Å². The highest BCUT2D eigenvalue weighted by Crippen LogP contribution is 2.40. The van der Waals surface area contributed by atoms with E-state index in [0.717, 1.165) is 47.6 Å². The van der Waals surface area contributed by atoms with Crippen molar-refractivity contribution in [3.05, 3.63) is 11.5 Å². The third-order valence-electron chi connectivity index (χ3n) is 4.18. The van der Waals surface area contributed by atoms with Crippen LogP contribution in [0.1, 0.15) is 44.1 Å². The molecule has 0 bridgehead atoms. The van der Waals surface area contributed by atoms with Crippen LogP contribution < -0.4 is 0 Å². The number of imidazole rings is 1. The Balaban J connectivity index is 2.15. The third-order valence-corrected chi connectivity index (χ3v) is 4.37. The van der Waals surface area contributed by atoms with Crippen molar-refractivity contribution in [3.63, 3.8) is 0 Å². The van der Waals surface area contributed by atoms with Crippen LogP contribution in [0.3, 0.4) is 0 Å². The predicted octanol–water partition coefficient (Wildman–Crippen LogP) is 3.52. The molecule has 0 spiro atoms. The fraction of sp³-hybridized carbons (Fsp3) is 0.714. The Bertz CT molecular complexity index is 611. The van der Waals surface area contributed by atoms with Gasteiger partial charge in [-0.2, -0.15) is 5.10 Å². The molecule has 5 heteroatoms. The van der Waals surface area contributed by atoms with E-state index in [1.54, 1.807) is 0 Å². The number of aromatic nitrogens is 4. The number of halogens is 1. The number of hydrogen-bond acceptors (Lipinski definition) is 2. The second-order valence-corrected chi connectivity index (χ2v) is 6.40. The van der Waals surface area contributed by atoms with Gasteiger partial charge in [0, 0.05) is 13.1 Å². The number of hydrogen-bond donors (Lipinski definition) is 0. The Hall–Kier alpha value is -1.03. The number of alkyl halides is 1. The molecule has 2 heterocycles. The van der Waals surface area contributed by atoms with Gasteiger partial charge in [-0.15, -0.1) is 11.6 Å². The Labute approximate surface area is 118 Å². The summed E-state index contributed by atoms with van der Waals surface area (Å²) >= 11 is 6.31. The minimum atomic E-state index is -0.0637. The van der Waals surface area contributed by atoms with Gasteiger partial charge in [0.1, 0.15) is 11.3 Å². The molecule has 1 saturated carbocycles. The van der Waals surface area contributed by atoms with Crippen molar-refractivity contribution < 1.29 is 0 Å². The molecule has 3 unspecified atom stereocenters. The van der Waals surface area contributed by atoms with Crippen LogP contribution in [0, 0.1) is 18.8 Å². The highest BCUT2D eigenvalue weighted by atomic mass is 35.5. The second-order valence-electron chi connectivity index (χ2n) is 5.74. The zero-order valence-corrected chi connectivity index (χ0v) is 12.8. The number of nitrogens with zero attached hydrogens (tertiary/aromatic N) is 4. The molecule has 19 heavy (non-hydrogen) atoms. The van der Waals surface area contributed by atoms with Gasteiger partial charge in [-0.1, -0.05) is 6.92 Å². The van der Waals surface area contributed by atoms with Gasteiger partial charge in [0.25, 0.3) is 0 Å². The smallest absolute Gasteiger partial charge is 0.158 e. The summed E-state index contributed by atoms with van der Waals surface area (Å²) in [5, 5.41) is 4.50. The molecule has 104 valence electrons. The molecule has 4 nitrogen and oxygen atoms in total. The molecule has 0 aromatic carbocycles. The maximum Gasteiger partial charge on any atom is 0.158 e. The average molecular weight is 281 g/mol. The van der Waals surface area contributed by atoms with Gasteiger partial charge < -0.3 is 4.57 Å². The van der Waals surface area contributed by atoms with Crippen molar-refractivity contribution in [1.29, 1.82) is 0 Å². The van der Waals surface area contributed by atoms with Crippen LogP contribution in [0.15, 0.2) is 0 Å². The first-order valence-electron chi connectivity index (χ1n) is 7.10. The highest BCUT2D eigenvalue weighted by Gasteiger charge is 2.34. The zero-order chi connectivity index (χ0) is 13.7. The predicted molar refractivity (Wildman–Crippen MR) is 77.5 cm³/mol. The lowest BCUT2D eigenvalue weighted by molar-refractivity contribution is 0.556. The van der Waals surface area contributed by atoms with E-state index in [0.29, 0.717) is 0 Å². The highest BCUT2D eigenvalue weighted by molar-refractivity contribution is 6.20. The Morgan fingerprint density at radius 3 is 2.68 bits per heavy atom. The molecule has 0 saturated heterocycles. The van der Waals surface area contributed by atoms with Crippen molar-refractivity contribution in [2.24, 2.45) is 11.8 Å². The third kappa shape index (κ3) is 2.06. The summed E-state index contributed by atoms with van der Waals surface area (Å²) in [6.07, 6.45) is 1.31. The topological polar surface area (TPSA) is 35.6 Å². The Morgan fingerprint density at radius 1 is 1.47 bits per heavy atom. The summed E-state index contributed by atoms with van der Waals surface area (Å²) in [6.45, 7) is 10.3. The molecule has 1 fully saturated rings. The molecule has 2 aromatic rings. The van der Waals surface area contributed by atoms with Crippen LogP contribution in [0.2, 0.25) is 0 Å². The van der Waals surface area contributed by atoms with Crippen LogP contribution >= 0.6 is 11.6 Å². The van der Waals surface area contributed by atoms with Crippen LogP contribution in [-0.2, 0) is 13.1 Å². The van der Waals surface area contributed by atoms with E-state index < -0.39 is 0 Å². The quantitative estimate of drug-likeness (QED) is 0.804. The largest absolute Gasteiger partial charge is 0.311 e. The Morgan fingerprint density at radius 2 is 2.16 bits per heavy atom. The first-order valence-corrected chi connectivity index (χ1v) is 7.54.